The van der Waals surface area contributed by atoms with Crippen LogP contribution in [0.4, 0.5) is 43.9 Å². The SMILES string of the molecule is O=S(=O)([O-])C(F)(F)C(F)(F)C(F)(F)C(F)(F)S(=O)(=O)c1c(F)cc(Oc2ccccc2)cc1F.[Na+]. The Morgan fingerprint density at radius 2 is 1.09 bits per heavy atom. The molecule has 0 fully saturated rings. The molecular weight excluding hydrogens is 565 g/mol. The summed E-state index contributed by atoms with van der Waals surface area (Å²) < 4.78 is 197. The predicted octanol–water partition coefficient (Wildman–Crippen LogP) is 1.54. The van der Waals surface area contributed by atoms with Crippen LogP contribution in [0.3, 0.4) is 0 Å². The van der Waals surface area contributed by atoms with Gasteiger partial charge in [-0.2, -0.15) is 35.1 Å². The van der Waals surface area contributed by atoms with Gasteiger partial charge in [-0.1, -0.05) is 18.2 Å². The summed E-state index contributed by atoms with van der Waals surface area (Å²) in [6.45, 7) is 0. The van der Waals surface area contributed by atoms with Gasteiger partial charge in [0.05, 0.1) is 0 Å². The summed E-state index contributed by atoms with van der Waals surface area (Å²) in [5.74, 6) is -22.0. The van der Waals surface area contributed by atoms with E-state index in [1.165, 1.54) is 30.3 Å². The maximum absolute atomic E-state index is 14.2. The molecule has 0 spiro atoms. The minimum absolute atomic E-state index is 0. The minimum Gasteiger partial charge on any atom is -0.743 e. The average molecular weight is 572 g/mol. The molecule has 0 amide bonds. The third kappa shape index (κ3) is 5.00. The summed E-state index contributed by atoms with van der Waals surface area (Å²) in [5.41, 5.74) is 0. The summed E-state index contributed by atoms with van der Waals surface area (Å²) >= 11 is 0. The molecule has 0 aliphatic rings. The van der Waals surface area contributed by atoms with Crippen LogP contribution in [0.2, 0.25) is 0 Å². The molecular formula is C16H7F10NaO6S2. The van der Waals surface area contributed by atoms with Gasteiger partial charge in [0.25, 0.3) is 9.84 Å². The van der Waals surface area contributed by atoms with Crippen LogP contribution >= 0.6 is 0 Å². The van der Waals surface area contributed by atoms with Crippen molar-refractivity contribution in [3.8, 4) is 11.5 Å². The van der Waals surface area contributed by atoms with Gasteiger partial charge >= 0.3 is 51.9 Å². The van der Waals surface area contributed by atoms with Gasteiger partial charge in [0, 0.05) is 12.1 Å². The average Bonchev–Trinajstić information content (AvgIpc) is 2.66. The molecule has 2 aromatic carbocycles. The first-order chi connectivity index (χ1) is 15.1. The van der Waals surface area contributed by atoms with Crippen molar-refractivity contribution in [3.63, 3.8) is 0 Å². The van der Waals surface area contributed by atoms with E-state index in [0.717, 1.165) is 0 Å². The number of sulfone groups is 1. The Morgan fingerprint density at radius 3 is 1.49 bits per heavy atom. The third-order valence-electron chi connectivity index (χ3n) is 4.00. The van der Waals surface area contributed by atoms with E-state index in [1.54, 1.807) is 0 Å². The van der Waals surface area contributed by atoms with Crippen molar-refractivity contribution >= 4 is 20.0 Å². The summed E-state index contributed by atoms with van der Waals surface area (Å²) in [7, 11) is -15.4. The maximum atomic E-state index is 14.2. The number of alkyl halides is 8. The maximum Gasteiger partial charge on any atom is 1.00 e. The van der Waals surface area contributed by atoms with Crippen LogP contribution < -0.4 is 34.3 Å². The van der Waals surface area contributed by atoms with Gasteiger partial charge in [-0.15, -0.1) is 0 Å². The minimum atomic E-state index is -7.88. The van der Waals surface area contributed by atoms with Crippen molar-refractivity contribution in [2.24, 2.45) is 0 Å². The fourth-order valence-electron chi connectivity index (χ4n) is 2.30. The normalized spacial score (nSPS) is 13.8. The number of hydrogen-bond donors (Lipinski definition) is 0. The van der Waals surface area contributed by atoms with Gasteiger partial charge in [-0.3, -0.25) is 0 Å². The standard InChI is InChI=1S/C16H8F10O6S2.Na/c17-10-6-9(32-8-4-2-1-3-5-8)7-11(18)12(10)33(27,28)15(23,24)13(19,20)14(21,22)16(25,26)34(29,30)31;/h1-7H,(H,29,30,31);/q;+1/p-1. The Hall–Kier alpha value is -1.60. The molecule has 0 aliphatic carbocycles. The second-order valence-electron chi connectivity index (χ2n) is 6.27. The van der Waals surface area contributed by atoms with Crippen molar-refractivity contribution in [1.82, 2.24) is 0 Å². The fraction of sp³-hybridized carbons (Fsp3) is 0.250. The van der Waals surface area contributed by atoms with Crippen molar-refractivity contribution < 1.29 is 99.6 Å². The number of halogens is 10. The summed E-state index contributed by atoms with van der Waals surface area (Å²) in [6.07, 6.45) is 0. The van der Waals surface area contributed by atoms with Gasteiger partial charge in [0.2, 0.25) is 0 Å². The van der Waals surface area contributed by atoms with E-state index in [1.807, 2.05) is 0 Å². The number of para-hydroxylation sites is 1. The Labute approximate surface area is 211 Å². The van der Waals surface area contributed by atoms with Crippen LogP contribution in [-0.2, 0) is 20.0 Å². The summed E-state index contributed by atoms with van der Waals surface area (Å²) in [4.78, 5) is -2.96. The Morgan fingerprint density at radius 1 is 0.686 bits per heavy atom. The molecule has 190 valence electrons. The van der Waals surface area contributed by atoms with Crippen molar-refractivity contribution in [1.29, 1.82) is 0 Å². The first-order valence-corrected chi connectivity index (χ1v) is 11.0. The number of ether oxygens (including phenoxy) is 1. The molecule has 0 aromatic heterocycles. The van der Waals surface area contributed by atoms with E-state index in [9.17, 15) is 65.3 Å². The van der Waals surface area contributed by atoms with Gasteiger partial charge < -0.3 is 9.29 Å². The molecule has 2 aromatic rings. The Kier molecular flexibility index (Phi) is 8.71. The van der Waals surface area contributed by atoms with E-state index >= 15 is 0 Å². The topological polar surface area (TPSA) is 101 Å². The summed E-state index contributed by atoms with van der Waals surface area (Å²) in [5, 5.41) is -14.9. The molecule has 19 heteroatoms. The quantitative estimate of drug-likeness (QED) is 0.271. The first-order valence-electron chi connectivity index (χ1n) is 8.06. The largest absolute Gasteiger partial charge is 1.00 e. The zero-order valence-corrected chi connectivity index (χ0v) is 20.2. The smallest absolute Gasteiger partial charge is 0.743 e. The van der Waals surface area contributed by atoms with E-state index in [2.05, 4.69) is 0 Å². The molecule has 2 rings (SSSR count). The second-order valence-corrected chi connectivity index (χ2v) is 9.62. The molecule has 0 saturated carbocycles. The van der Waals surface area contributed by atoms with E-state index in [0.29, 0.717) is 0 Å². The number of hydrogen-bond acceptors (Lipinski definition) is 6. The fourth-order valence-corrected chi connectivity index (χ4v) is 4.09. The molecule has 0 saturated heterocycles. The molecule has 6 nitrogen and oxygen atoms in total. The number of rotatable bonds is 8. The van der Waals surface area contributed by atoms with Crippen molar-refractivity contribution in [3.05, 3.63) is 54.1 Å². The summed E-state index contributed by atoms with van der Waals surface area (Å²) in [6, 6.07) is 6.29. The molecule has 0 aliphatic heterocycles. The van der Waals surface area contributed by atoms with Crippen LogP contribution in [-0.4, -0.2) is 43.7 Å². The molecule has 35 heavy (non-hydrogen) atoms. The van der Waals surface area contributed by atoms with E-state index in [4.69, 9.17) is 4.74 Å². The van der Waals surface area contributed by atoms with Gasteiger partial charge in [0.1, 0.15) is 28.0 Å². The van der Waals surface area contributed by atoms with Gasteiger partial charge in [-0.25, -0.2) is 25.6 Å². The van der Waals surface area contributed by atoms with Crippen LogP contribution in [0.25, 0.3) is 0 Å². The van der Waals surface area contributed by atoms with Gasteiger partial charge in [-0.05, 0) is 12.1 Å². The monoisotopic (exact) mass is 572 g/mol. The van der Waals surface area contributed by atoms with Crippen LogP contribution in [0.5, 0.6) is 11.5 Å². The van der Waals surface area contributed by atoms with Crippen LogP contribution in [0, 0.1) is 11.6 Å². The van der Waals surface area contributed by atoms with Gasteiger partial charge in [0.15, 0.2) is 10.1 Å². The molecule has 0 unspecified atom stereocenters. The molecule has 0 radical (unpaired) electrons. The second kappa shape index (κ2) is 9.70. The zero-order chi connectivity index (χ0) is 26.5. The number of benzene rings is 2. The molecule has 0 bridgehead atoms. The van der Waals surface area contributed by atoms with E-state index < -0.39 is 64.6 Å². The van der Waals surface area contributed by atoms with Crippen LogP contribution in [0.1, 0.15) is 0 Å². The third-order valence-corrected chi connectivity index (χ3v) is 6.74. The Bertz CT molecular complexity index is 1280. The predicted molar refractivity (Wildman–Crippen MR) is 89.5 cm³/mol. The first kappa shape index (κ1) is 31.4. The van der Waals surface area contributed by atoms with Crippen molar-refractivity contribution in [2.75, 3.05) is 0 Å². The van der Waals surface area contributed by atoms with Crippen molar-refractivity contribution in [2.45, 2.75) is 27.2 Å². The Balaban J connectivity index is 0.00000612. The molecule has 0 N–H and O–H groups in total. The molecule has 0 atom stereocenters. The van der Waals surface area contributed by atoms with Crippen LogP contribution in [0.15, 0.2) is 47.4 Å². The zero-order valence-electron chi connectivity index (χ0n) is 16.6. The molecule has 0 heterocycles. The van der Waals surface area contributed by atoms with E-state index in [-0.39, 0.29) is 47.4 Å².